The molecule has 2 aromatic heterocycles. The molecule has 0 aromatic carbocycles. The smallest absolute Gasteiger partial charge is 0.368 e. The minimum atomic E-state index is -4.44. The predicted octanol–water partition coefficient (Wildman–Crippen LogP) is 2.70. The highest BCUT2D eigenvalue weighted by Crippen LogP contribution is 2.33. The van der Waals surface area contributed by atoms with E-state index in [2.05, 4.69) is 30.6 Å². The highest BCUT2D eigenvalue weighted by atomic mass is 19.4. The molecule has 2 N–H and O–H groups in total. The summed E-state index contributed by atoms with van der Waals surface area (Å²) >= 11 is 0. The Balaban J connectivity index is 1.58. The van der Waals surface area contributed by atoms with Gasteiger partial charge < -0.3 is 15.5 Å². The van der Waals surface area contributed by atoms with Crippen molar-refractivity contribution in [1.82, 2.24) is 25.0 Å². The van der Waals surface area contributed by atoms with Crippen molar-refractivity contribution in [2.75, 3.05) is 38.0 Å². The van der Waals surface area contributed by atoms with Crippen molar-refractivity contribution >= 4 is 11.8 Å². The Morgan fingerprint density at radius 1 is 1.38 bits per heavy atom. The average molecular weight is 409 g/mol. The van der Waals surface area contributed by atoms with Gasteiger partial charge in [-0.1, -0.05) is 0 Å². The molecule has 0 amide bonds. The zero-order chi connectivity index (χ0) is 20.9. The highest BCUT2D eigenvalue weighted by Gasteiger charge is 2.34. The van der Waals surface area contributed by atoms with E-state index in [1.54, 1.807) is 4.68 Å². The normalized spacial score (nSPS) is 17.6. The molecule has 0 aliphatic carbocycles. The van der Waals surface area contributed by atoms with E-state index < -0.39 is 11.7 Å². The fourth-order valence-corrected chi connectivity index (χ4v) is 3.41. The number of likely N-dealkylation sites (tertiary alicyclic amines) is 1. The number of alkyl halides is 3. The van der Waals surface area contributed by atoms with Gasteiger partial charge in [-0.2, -0.15) is 18.3 Å². The van der Waals surface area contributed by atoms with E-state index in [1.165, 1.54) is 17.8 Å². The van der Waals surface area contributed by atoms with E-state index >= 15 is 0 Å². The molecule has 10 heteroatoms. The molecular formula is C19H26F3N7. The molecule has 158 valence electrons. The molecule has 7 nitrogen and oxygen atoms in total. The number of aryl methyl sites for hydroxylation is 1. The zero-order valence-corrected chi connectivity index (χ0v) is 16.6. The lowest BCUT2D eigenvalue weighted by molar-refractivity contribution is -0.137. The first-order valence-electron chi connectivity index (χ1n) is 9.66. The zero-order valence-electron chi connectivity index (χ0n) is 16.6. The van der Waals surface area contributed by atoms with Crippen LogP contribution in [0.4, 0.5) is 19.0 Å². The van der Waals surface area contributed by atoms with Gasteiger partial charge in [-0.05, 0) is 31.0 Å². The van der Waals surface area contributed by atoms with Crippen molar-refractivity contribution in [2.45, 2.75) is 25.4 Å². The van der Waals surface area contributed by atoms with Gasteiger partial charge in [0, 0.05) is 51.5 Å². The maximum absolute atomic E-state index is 13.0. The third kappa shape index (κ3) is 5.39. The summed E-state index contributed by atoms with van der Waals surface area (Å²) in [4.78, 5) is 10.6. The summed E-state index contributed by atoms with van der Waals surface area (Å²) < 4.78 is 40.9. The van der Waals surface area contributed by atoms with Gasteiger partial charge in [0.2, 0.25) is 0 Å². The van der Waals surface area contributed by atoms with Crippen LogP contribution in [0.1, 0.15) is 30.4 Å². The lowest BCUT2D eigenvalue weighted by Crippen LogP contribution is -2.40. The van der Waals surface area contributed by atoms with Gasteiger partial charge in [0.25, 0.3) is 0 Å². The summed E-state index contributed by atoms with van der Waals surface area (Å²) in [5, 5.41) is 10.3. The van der Waals surface area contributed by atoms with Gasteiger partial charge in [-0.25, -0.2) is 4.98 Å². The standard InChI is InChI=1S/C19H26F3N7/c1-3-23-18(29-10-6-14(13-29)15-11-27-28(2)12-15)26-9-8-25-17-16(19(20,21)22)5-4-7-24-17/h4-5,7,11-12,14H,3,6,8-10,13H2,1-2H3,(H,23,26)(H,24,25). The molecule has 0 radical (unpaired) electrons. The number of halogens is 3. The molecule has 1 aliphatic rings. The van der Waals surface area contributed by atoms with E-state index in [-0.39, 0.29) is 12.4 Å². The summed E-state index contributed by atoms with van der Waals surface area (Å²) in [5.41, 5.74) is 0.442. The van der Waals surface area contributed by atoms with Crippen LogP contribution < -0.4 is 10.6 Å². The first kappa shape index (κ1) is 20.9. The maximum Gasteiger partial charge on any atom is 0.419 e. The summed E-state index contributed by atoms with van der Waals surface area (Å²) in [5.74, 6) is 1.00. The Labute approximate surface area is 168 Å². The maximum atomic E-state index is 13.0. The molecule has 2 aromatic rings. The third-order valence-electron chi connectivity index (χ3n) is 4.80. The van der Waals surface area contributed by atoms with Crippen molar-refractivity contribution in [2.24, 2.45) is 12.0 Å². The number of hydrogen-bond donors (Lipinski definition) is 2. The number of aromatic nitrogens is 3. The van der Waals surface area contributed by atoms with Gasteiger partial charge in [0.05, 0.1) is 18.3 Å². The van der Waals surface area contributed by atoms with Crippen molar-refractivity contribution in [3.8, 4) is 0 Å². The van der Waals surface area contributed by atoms with Crippen LogP contribution in [0.5, 0.6) is 0 Å². The monoisotopic (exact) mass is 409 g/mol. The van der Waals surface area contributed by atoms with Crippen LogP contribution in [-0.2, 0) is 13.2 Å². The molecule has 1 unspecified atom stereocenters. The van der Waals surface area contributed by atoms with Crippen LogP contribution in [0.25, 0.3) is 0 Å². The average Bonchev–Trinajstić information content (AvgIpc) is 3.33. The van der Waals surface area contributed by atoms with Gasteiger partial charge >= 0.3 is 6.18 Å². The van der Waals surface area contributed by atoms with Crippen molar-refractivity contribution in [3.63, 3.8) is 0 Å². The molecule has 1 saturated heterocycles. The second kappa shape index (κ2) is 9.15. The summed E-state index contributed by atoms with van der Waals surface area (Å²) in [6, 6.07) is 2.30. The van der Waals surface area contributed by atoms with Crippen LogP contribution >= 0.6 is 0 Å². The number of guanidine groups is 1. The van der Waals surface area contributed by atoms with Gasteiger partial charge in [-0.3, -0.25) is 9.67 Å². The summed E-state index contributed by atoms with van der Waals surface area (Å²) in [6.07, 6.45) is 1.84. The number of anilines is 1. The highest BCUT2D eigenvalue weighted by molar-refractivity contribution is 5.80. The molecule has 1 atom stereocenters. The number of nitrogens with zero attached hydrogens (tertiary/aromatic N) is 5. The van der Waals surface area contributed by atoms with Crippen LogP contribution in [0.15, 0.2) is 35.7 Å². The van der Waals surface area contributed by atoms with E-state index in [9.17, 15) is 13.2 Å². The Hall–Kier alpha value is -2.78. The van der Waals surface area contributed by atoms with Crippen LogP contribution in [0, 0.1) is 0 Å². The van der Waals surface area contributed by atoms with Gasteiger partial charge in [-0.15, -0.1) is 0 Å². The quantitative estimate of drug-likeness (QED) is 0.436. The lowest BCUT2D eigenvalue weighted by atomic mass is 10.0. The molecule has 0 spiro atoms. The summed E-state index contributed by atoms with van der Waals surface area (Å²) in [6.45, 7) is 5.02. The van der Waals surface area contributed by atoms with E-state index in [0.29, 0.717) is 12.5 Å². The molecule has 0 bridgehead atoms. The number of nitrogens with one attached hydrogen (secondary N) is 2. The van der Waals surface area contributed by atoms with E-state index in [1.807, 2.05) is 26.4 Å². The molecular weight excluding hydrogens is 383 g/mol. The minimum absolute atomic E-state index is 0.169. The predicted molar refractivity (Wildman–Crippen MR) is 106 cm³/mol. The molecule has 3 heterocycles. The second-order valence-corrected chi connectivity index (χ2v) is 6.94. The lowest BCUT2D eigenvalue weighted by Gasteiger charge is -2.21. The van der Waals surface area contributed by atoms with E-state index in [0.717, 1.165) is 38.1 Å². The first-order chi connectivity index (χ1) is 13.9. The van der Waals surface area contributed by atoms with Crippen molar-refractivity contribution in [3.05, 3.63) is 41.9 Å². The third-order valence-corrected chi connectivity index (χ3v) is 4.80. The fraction of sp³-hybridized carbons (Fsp3) is 0.526. The number of hydrogen-bond acceptors (Lipinski definition) is 4. The van der Waals surface area contributed by atoms with Gasteiger partial charge in [0.1, 0.15) is 5.82 Å². The van der Waals surface area contributed by atoms with Crippen LogP contribution in [0.3, 0.4) is 0 Å². The SMILES string of the molecule is CCNC(=NCCNc1ncccc1C(F)(F)F)N1CCC(c2cnn(C)c2)C1. The van der Waals surface area contributed by atoms with Crippen LogP contribution in [-0.4, -0.2) is 58.3 Å². The second-order valence-electron chi connectivity index (χ2n) is 6.94. The molecule has 3 rings (SSSR count). The Bertz CT molecular complexity index is 831. The van der Waals surface area contributed by atoms with Crippen LogP contribution in [0.2, 0.25) is 0 Å². The van der Waals surface area contributed by atoms with E-state index in [4.69, 9.17) is 0 Å². The molecule has 1 aliphatic heterocycles. The topological polar surface area (TPSA) is 70.4 Å². The molecule has 0 saturated carbocycles. The summed E-state index contributed by atoms with van der Waals surface area (Å²) in [7, 11) is 1.90. The Kier molecular flexibility index (Phi) is 6.60. The largest absolute Gasteiger partial charge is 0.419 e. The minimum Gasteiger partial charge on any atom is -0.368 e. The first-order valence-corrected chi connectivity index (χ1v) is 9.66. The molecule has 29 heavy (non-hydrogen) atoms. The van der Waals surface area contributed by atoms with Gasteiger partial charge in [0.15, 0.2) is 5.96 Å². The van der Waals surface area contributed by atoms with Crippen molar-refractivity contribution < 1.29 is 13.2 Å². The molecule has 1 fully saturated rings. The number of aliphatic imine (C=N–C) groups is 1. The Morgan fingerprint density at radius 3 is 2.90 bits per heavy atom. The fourth-order valence-electron chi connectivity index (χ4n) is 3.41. The number of rotatable bonds is 6. The van der Waals surface area contributed by atoms with Crippen molar-refractivity contribution in [1.29, 1.82) is 0 Å². The number of pyridine rings is 1. The Morgan fingerprint density at radius 2 is 2.21 bits per heavy atom.